The molecule has 3 atom stereocenters. The minimum absolute atomic E-state index is 0.0740. The van der Waals surface area contributed by atoms with E-state index >= 15 is 0 Å². The molecule has 0 radical (unpaired) electrons. The smallest absolute Gasteiger partial charge is 0.138 e. The van der Waals surface area contributed by atoms with Gasteiger partial charge in [0.15, 0.2) is 0 Å². The molecule has 0 N–H and O–H groups in total. The third-order valence-electron chi connectivity index (χ3n) is 4.26. The van der Waals surface area contributed by atoms with Gasteiger partial charge in [0.05, 0.1) is 17.6 Å². The molecular weight excluding hydrogens is 200 g/mol. The number of rotatable bonds is 1. The highest BCUT2D eigenvalue weighted by Gasteiger charge is 2.51. The lowest BCUT2D eigenvalue weighted by atomic mass is 9.78. The maximum absolute atomic E-state index is 11.8. The van der Waals surface area contributed by atoms with Crippen LogP contribution in [0.3, 0.4) is 0 Å². The van der Waals surface area contributed by atoms with Crippen LogP contribution >= 0.6 is 0 Å². The highest BCUT2D eigenvalue weighted by atomic mass is 16.5. The summed E-state index contributed by atoms with van der Waals surface area (Å²) in [4.78, 5) is 11.8. The van der Waals surface area contributed by atoms with Crippen LogP contribution in [0, 0.1) is 5.41 Å². The molecule has 84 valence electrons. The number of hydrogen-bond acceptors (Lipinski definition) is 2. The lowest BCUT2D eigenvalue weighted by Gasteiger charge is -2.28. The Balaban J connectivity index is 2.04. The summed E-state index contributed by atoms with van der Waals surface area (Å²) in [6, 6.07) is 8.40. The van der Waals surface area contributed by atoms with Crippen LogP contribution in [-0.4, -0.2) is 11.9 Å². The second kappa shape index (κ2) is 3.17. The summed E-state index contributed by atoms with van der Waals surface area (Å²) < 4.78 is 5.98. The Morgan fingerprint density at radius 3 is 2.94 bits per heavy atom. The van der Waals surface area contributed by atoms with E-state index in [9.17, 15) is 4.79 Å². The van der Waals surface area contributed by atoms with Crippen molar-refractivity contribution in [3.05, 3.63) is 35.4 Å². The summed E-state index contributed by atoms with van der Waals surface area (Å²) in [7, 11) is 0. The van der Waals surface area contributed by atoms with Crippen LogP contribution < -0.4 is 0 Å². The fraction of sp³-hybridized carbons (Fsp3) is 0.500. The Hall–Kier alpha value is -1.15. The van der Waals surface area contributed by atoms with Gasteiger partial charge in [0, 0.05) is 0 Å². The number of benzene rings is 1. The number of fused-ring (bicyclic) bond motifs is 4. The lowest BCUT2D eigenvalue weighted by molar-refractivity contribution is -0.128. The van der Waals surface area contributed by atoms with E-state index in [1.165, 1.54) is 11.1 Å². The van der Waals surface area contributed by atoms with Crippen LogP contribution in [0.5, 0.6) is 0 Å². The van der Waals surface area contributed by atoms with Gasteiger partial charge in [0.25, 0.3) is 0 Å². The van der Waals surface area contributed by atoms with Crippen molar-refractivity contribution in [2.75, 3.05) is 0 Å². The molecule has 0 aliphatic carbocycles. The average Bonchev–Trinajstić information content (AvgIpc) is 2.54. The van der Waals surface area contributed by atoms with E-state index in [1.807, 2.05) is 13.0 Å². The van der Waals surface area contributed by atoms with Gasteiger partial charge in [-0.25, -0.2) is 0 Å². The predicted molar refractivity (Wildman–Crippen MR) is 61.2 cm³/mol. The number of ether oxygens (including phenoxy) is 1. The highest BCUT2D eigenvalue weighted by molar-refractivity contribution is 5.83. The summed E-state index contributed by atoms with van der Waals surface area (Å²) in [5.41, 5.74) is 2.35. The fourth-order valence-electron chi connectivity index (χ4n) is 2.97. The summed E-state index contributed by atoms with van der Waals surface area (Å²) in [5.74, 6) is 0.257. The predicted octanol–water partition coefficient (Wildman–Crippen LogP) is 2.67. The monoisotopic (exact) mass is 216 g/mol. The van der Waals surface area contributed by atoms with E-state index in [0.29, 0.717) is 0 Å². The van der Waals surface area contributed by atoms with Crippen molar-refractivity contribution in [1.82, 2.24) is 0 Å². The van der Waals surface area contributed by atoms with Gasteiger partial charge in [-0.15, -0.1) is 0 Å². The molecule has 2 heteroatoms. The summed E-state index contributed by atoms with van der Waals surface area (Å²) in [5, 5.41) is 0. The lowest BCUT2D eigenvalue weighted by Crippen LogP contribution is -2.36. The molecular formula is C14H16O2. The third-order valence-corrected chi connectivity index (χ3v) is 4.26. The molecule has 3 rings (SSSR count). The Kier molecular flexibility index (Phi) is 1.99. The topological polar surface area (TPSA) is 26.3 Å². The van der Waals surface area contributed by atoms with Crippen molar-refractivity contribution >= 4 is 5.78 Å². The maximum Gasteiger partial charge on any atom is 0.138 e. The zero-order valence-corrected chi connectivity index (χ0v) is 9.69. The van der Waals surface area contributed by atoms with Crippen molar-refractivity contribution in [1.29, 1.82) is 0 Å². The molecule has 2 bridgehead atoms. The van der Waals surface area contributed by atoms with Crippen LogP contribution in [0.2, 0.25) is 0 Å². The van der Waals surface area contributed by atoms with Gasteiger partial charge in [-0.2, -0.15) is 0 Å². The standard InChI is InChI=1S/C14H16O2/c1-9(15)14(2)8-12-11-6-4-3-5-10(11)7-13(14)16-12/h3-6,12-13H,7-8H2,1-2H3/t12-,13-,14-/m0/s1. The molecule has 0 spiro atoms. The molecule has 0 amide bonds. The van der Waals surface area contributed by atoms with Crippen LogP contribution in [0.15, 0.2) is 24.3 Å². The molecule has 1 fully saturated rings. The van der Waals surface area contributed by atoms with E-state index in [2.05, 4.69) is 18.2 Å². The SMILES string of the molecule is CC(=O)[C@]1(C)C[C@@H]2O[C@H]1Cc1ccccc12. The first-order valence-corrected chi connectivity index (χ1v) is 5.85. The van der Waals surface area contributed by atoms with Crippen LogP contribution in [0.4, 0.5) is 0 Å². The minimum atomic E-state index is -0.288. The van der Waals surface area contributed by atoms with Crippen molar-refractivity contribution in [2.24, 2.45) is 5.41 Å². The molecule has 16 heavy (non-hydrogen) atoms. The Labute approximate surface area is 95.6 Å². The molecule has 0 aromatic heterocycles. The number of hydrogen-bond donors (Lipinski definition) is 0. The molecule has 2 aliphatic heterocycles. The van der Waals surface area contributed by atoms with Crippen LogP contribution in [0.1, 0.15) is 37.5 Å². The zero-order chi connectivity index (χ0) is 11.3. The van der Waals surface area contributed by atoms with Crippen molar-refractivity contribution in [3.8, 4) is 0 Å². The molecule has 1 aromatic carbocycles. The van der Waals surface area contributed by atoms with Gasteiger partial charge < -0.3 is 4.74 Å². The quantitative estimate of drug-likeness (QED) is 0.721. The van der Waals surface area contributed by atoms with E-state index in [1.54, 1.807) is 6.92 Å². The summed E-state index contributed by atoms with van der Waals surface area (Å²) >= 11 is 0. The molecule has 1 saturated heterocycles. The van der Waals surface area contributed by atoms with Gasteiger partial charge >= 0.3 is 0 Å². The second-order valence-electron chi connectivity index (χ2n) is 5.19. The van der Waals surface area contributed by atoms with Gasteiger partial charge in [-0.1, -0.05) is 31.2 Å². The molecule has 1 aromatic rings. The van der Waals surface area contributed by atoms with Crippen LogP contribution in [-0.2, 0) is 16.0 Å². The zero-order valence-electron chi connectivity index (χ0n) is 9.69. The van der Waals surface area contributed by atoms with Crippen molar-refractivity contribution in [2.45, 2.75) is 38.9 Å². The van der Waals surface area contributed by atoms with Crippen LogP contribution in [0.25, 0.3) is 0 Å². The highest BCUT2D eigenvalue weighted by Crippen LogP contribution is 2.51. The van der Waals surface area contributed by atoms with E-state index in [0.717, 1.165) is 12.8 Å². The number of ketones is 1. The van der Waals surface area contributed by atoms with Gasteiger partial charge in [-0.05, 0) is 30.9 Å². The maximum atomic E-state index is 11.8. The Morgan fingerprint density at radius 1 is 1.44 bits per heavy atom. The number of carbonyl (C=O) groups is 1. The average molecular weight is 216 g/mol. The number of carbonyl (C=O) groups excluding carboxylic acids is 1. The van der Waals surface area contributed by atoms with Gasteiger partial charge in [0.1, 0.15) is 5.78 Å². The molecule has 2 heterocycles. The molecule has 2 nitrogen and oxygen atoms in total. The normalized spacial score (nSPS) is 35.9. The largest absolute Gasteiger partial charge is 0.369 e. The van der Waals surface area contributed by atoms with Gasteiger partial charge in [-0.3, -0.25) is 4.79 Å². The van der Waals surface area contributed by atoms with E-state index in [4.69, 9.17) is 4.74 Å². The summed E-state index contributed by atoms with van der Waals surface area (Å²) in [6.45, 7) is 3.74. The first kappa shape index (κ1) is 10.0. The third kappa shape index (κ3) is 1.20. The Bertz CT molecular complexity index is 452. The first-order chi connectivity index (χ1) is 7.61. The fourth-order valence-corrected chi connectivity index (χ4v) is 2.97. The molecule has 0 saturated carbocycles. The first-order valence-electron chi connectivity index (χ1n) is 5.85. The Morgan fingerprint density at radius 2 is 2.19 bits per heavy atom. The van der Waals surface area contributed by atoms with E-state index < -0.39 is 0 Å². The molecule has 0 unspecified atom stereocenters. The minimum Gasteiger partial charge on any atom is -0.369 e. The van der Waals surface area contributed by atoms with Crippen molar-refractivity contribution < 1.29 is 9.53 Å². The van der Waals surface area contributed by atoms with Crippen molar-refractivity contribution in [3.63, 3.8) is 0 Å². The van der Waals surface area contributed by atoms with Gasteiger partial charge in [0.2, 0.25) is 0 Å². The second-order valence-corrected chi connectivity index (χ2v) is 5.19. The number of Topliss-reactive ketones (excluding diaryl/α,β-unsaturated/α-hetero) is 1. The molecule has 2 aliphatic rings. The van der Waals surface area contributed by atoms with E-state index in [-0.39, 0.29) is 23.4 Å². The summed E-state index contributed by atoms with van der Waals surface area (Å²) in [6.07, 6.45) is 1.92.